The van der Waals surface area contributed by atoms with E-state index in [4.69, 9.17) is 5.11 Å². The summed E-state index contributed by atoms with van der Waals surface area (Å²) >= 11 is 1.09. The smallest absolute Gasteiger partial charge is 0.313 e. The van der Waals surface area contributed by atoms with E-state index >= 15 is 0 Å². The van der Waals surface area contributed by atoms with Gasteiger partial charge in [-0.1, -0.05) is 42.1 Å². The lowest BCUT2D eigenvalue weighted by Crippen LogP contribution is -2.02. The SMILES string of the molecule is O=C(O)CSc1nnnn1-c1ccc2ccccc2c1. The van der Waals surface area contributed by atoms with Gasteiger partial charge in [0.15, 0.2) is 0 Å². The predicted molar refractivity (Wildman–Crippen MR) is 75.0 cm³/mol. The molecule has 0 spiro atoms. The summed E-state index contributed by atoms with van der Waals surface area (Å²) in [5, 5.41) is 22.7. The van der Waals surface area contributed by atoms with Gasteiger partial charge in [0.05, 0.1) is 11.4 Å². The van der Waals surface area contributed by atoms with Crippen molar-refractivity contribution in [1.82, 2.24) is 20.2 Å². The van der Waals surface area contributed by atoms with Crippen molar-refractivity contribution in [1.29, 1.82) is 0 Å². The Hall–Kier alpha value is -2.41. The molecule has 0 aliphatic heterocycles. The van der Waals surface area contributed by atoms with Crippen LogP contribution in [0.3, 0.4) is 0 Å². The van der Waals surface area contributed by atoms with Crippen LogP contribution in [0.25, 0.3) is 16.5 Å². The summed E-state index contributed by atoms with van der Waals surface area (Å²) in [7, 11) is 0. The number of aliphatic carboxylic acids is 1. The number of fused-ring (bicyclic) bond motifs is 1. The van der Waals surface area contributed by atoms with E-state index in [1.165, 1.54) is 0 Å². The molecule has 6 nitrogen and oxygen atoms in total. The third-order valence-corrected chi connectivity index (χ3v) is 3.65. The van der Waals surface area contributed by atoms with Gasteiger partial charge in [-0.2, -0.15) is 4.68 Å². The first kappa shape index (κ1) is 12.6. The number of rotatable bonds is 4. The van der Waals surface area contributed by atoms with Crippen LogP contribution in [0.15, 0.2) is 47.6 Å². The molecule has 3 rings (SSSR count). The number of carboxylic acid groups (broad SMARTS) is 1. The average molecular weight is 286 g/mol. The van der Waals surface area contributed by atoms with Crippen LogP contribution in [0.4, 0.5) is 0 Å². The number of nitrogens with zero attached hydrogens (tertiary/aromatic N) is 4. The Morgan fingerprint density at radius 3 is 2.80 bits per heavy atom. The minimum Gasteiger partial charge on any atom is -0.481 e. The van der Waals surface area contributed by atoms with E-state index in [1.54, 1.807) is 4.68 Å². The quantitative estimate of drug-likeness (QED) is 0.739. The fraction of sp³-hybridized carbons (Fsp3) is 0.0769. The summed E-state index contributed by atoms with van der Waals surface area (Å²) in [6, 6.07) is 13.8. The number of carboxylic acids is 1. The lowest BCUT2D eigenvalue weighted by Gasteiger charge is -2.05. The van der Waals surface area contributed by atoms with Gasteiger partial charge in [-0.15, -0.1) is 5.10 Å². The van der Waals surface area contributed by atoms with Crippen molar-refractivity contribution in [3.8, 4) is 5.69 Å². The summed E-state index contributed by atoms with van der Waals surface area (Å²) in [5.41, 5.74) is 0.807. The number of tetrazole rings is 1. The van der Waals surface area contributed by atoms with Gasteiger partial charge in [0.25, 0.3) is 0 Å². The molecule has 20 heavy (non-hydrogen) atoms. The molecular formula is C13H10N4O2S. The summed E-state index contributed by atoms with van der Waals surface area (Å²) in [4.78, 5) is 10.6. The Morgan fingerprint density at radius 1 is 1.20 bits per heavy atom. The normalized spacial score (nSPS) is 10.8. The van der Waals surface area contributed by atoms with Crippen LogP contribution in [-0.4, -0.2) is 37.0 Å². The molecule has 0 aliphatic carbocycles. The van der Waals surface area contributed by atoms with E-state index in [2.05, 4.69) is 15.5 Å². The van der Waals surface area contributed by atoms with Gasteiger partial charge in [0, 0.05) is 0 Å². The maximum atomic E-state index is 10.6. The topological polar surface area (TPSA) is 80.9 Å². The van der Waals surface area contributed by atoms with E-state index in [1.807, 2.05) is 42.5 Å². The molecule has 0 bridgehead atoms. The third-order valence-electron chi connectivity index (χ3n) is 2.74. The zero-order chi connectivity index (χ0) is 13.9. The van der Waals surface area contributed by atoms with E-state index in [0.717, 1.165) is 28.2 Å². The molecule has 0 saturated carbocycles. The van der Waals surface area contributed by atoms with E-state index < -0.39 is 5.97 Å². The first-order valence-corrected chi connectivity index (χ1v) is 6.85. The molecular weight excluding hydrogens is 276 g/mol. The molecule has 2 aromatic carbocycles. The van der Waals surface area contributed by atoms with Crippen LogP contribution < -0.4 is 0 Å². The number of hydrogen-bond acceptors (Lipinski definition) is 5. The second kappa shape index (κ2) is 5.30. The van der Waals surface area contributed by atoms with Gasteiger partial charge >= 0.3 is 5.97 Å². The van der Waals surface area contributed by atoms with Gasteiger partial charge < -0.3 is 5.11 Å². The van der Waals surface area contributed by atoms with Crippen molar-refractivity contribution < 1.29 is 9.90 Å². The lowest BCUT2D eigenvalue weighted by atomic mass is 10.1. The van der Waals surface area contributed by atoms with Gasteiger partial charge in [0.1, 0.15) is 0 Å². The molecule has 1 N–H and O–H groups in total. The number of aromatic nitrogens is 4. The van der Waals surface area contributed by atoms with Gasteiger partial charge in [-0.25, -0.2) is 0 Å². The largest absolute Gasteiger partial charge is 0.481 e. The van der Waals surface area contributed by atoms with E-state index in [-0.39, 0.29) is 5.75 Å². The highest BCUT2D eigenvalue weighted by molar-refractivity contribution is 7.99. The number of thioether (sulfide) groups is 1. The number of hydrogen-bond donors (Lipinski definition) is 1. The molecule has 0 fully saturated rings. The molecule has 0 radical (unpaired) electrons. The standard InChI is InChI=1S/C13H10N4O2S/c18-12(19)8-20-13-14-15-16-17(13)11-6-5-9-3-1-2-4-10(9)7-11/h1-7H,8H2,(H,18,19). The fourth-order valence-electron chi connectivity index (χ4n) is 1.87. The molecule has 1 aromatic heterocycles. The third kappa shape index (κ3) is 2.48. The Labute approximate surface area is 118 Å². The highest BCUT2D eigenvalue weighted by Crippen LogP contribution is 2.21. The number of benzene rings is 2. The van der Waals surface area contributed by atoms with Gasteiger partial charge in [-0.05, 0) is 33.3 Å². The van der Waals surface area contributed by atoms with Crippen LogP contribution in [-0.2, 0) is 4.79 Å². The van der Waals surface area contributed by atoms with Gasteiger partial charge in [0.2, 0.25) is 5.16 Å². The Morgan fingerprint density at radius 2 is 2.00 bits per heavy atom. The molecule has 100 valence electrons. The van der Waals surface area contributed by atoms with E-state index in [0.29, 0.717) is 5.16 Å². The second-order valence-electron chi connectivity index (χ2n) is 4.09. The molecule has 1 heterocycles. The summed E-state index contributed by atoms with van der Waals surface area (Å²) in [5.74, 6) is -0.975. The van der Waals surface area contributed by atoms with Crippen molar-refractivity contribution in [2.75, 3.05) is 5.75 Å². The molecule has 0 saturated heterocycles. The number of carbonyl (C=O) groups is 1. The Balaban J connectivity index is 1.98. The van der Waals surface area contributed by atoms with Crippen molar-refractivity contribution in [2.45, 2.75) is 5.16 Å². The minimum absolute atomic E-state index is 0.0754. The first-order valence-electron chi connectivity index (χ1n) is 5.86. The zero-order valence-electron chi connectivity index (χ0n) is 10.3. The molecule has 7 heteroatoms. The Bertz CT molecular complexity index is 772. The lowest BCUT2D eigenvalue weighted by molar-refractivity contribution is -0.133. The van der Waals surface area contributed by atoms with E-state index in [9.17, 15) is 4.79 Å². The van der Waals surface area contributed by atoms with Crippen LogP contribution in [0, 0.1) is 0 Å². The molecule has 0 aliphatic rings. The molecule has 0 atom stereocenters. The summed E-state index contributed by atoms with van der Waals surface area (Å²) in [6.07, 6.45) is 0. The fourth-order valence-corrected chi connectivity index (χ4v) is 2.48. The molecule has 0 unspecified atom stereocenters. The van der Waals surface area contributed by atoms with Gasteiger partial charge in [-0.3, -0.25) is 4.79 Å². The zero-order valence-corrected chi connectivity index (χ0v) is 11.1. The first-order chi connectivity index (χ1) is 9.74. The van der Waals surface area contributed by atoms with Crippen LogP contribution in [0.1, 0.15) is 0 Å². The van der Waals surface area contributed by atoms with Crippen LogP contribution in [0.2, 0.25) is 0 Å². The highest BCUT2D eigenvalue weighted by atomic mass is 32.2. The predicted octanol–water partition coefficient (Wildman–Crippen LogP) is 1.99. The van der Waals surface area contributed by atoms with Crippen LogP contribution in [0.5, 0.6) is 0 Å². The summed E-state index contributed by atoms with van der Waals surface area (Å²) in [6.45, 7) is 0. The maximum absolute atomic E-state index is 10.6. The van der Waals surface area contributed by atoms with Crippen molar-refractivity contribution in [3.63, 3.8) is 0 Å². The second-order valence-corrected chi connectivity index (χ2v) is 5.03. The average Bonchev–Trinajstić information content (AvgIpc) is 2.93. The summed E-state index contributed by atoms with van der Waals surface area (Å²) < 4.78 is 1.54. The van der Waals surface area contributed by atoms with Crippen molar-refractivity contribution >= 4 is 28.5 Å². The van der Waals surface area contributed by atoms with Crippen LogP contribution >= 0.6 is 11.8 Å². The van der Waals surface area contributed by atoms with Crippen molar-refractivity contribution in [2.24, 2.45) is 0 Å². The minimum atomic E-state index is -0.900. The molecule has 0 amide bonds. The van der Waals surface area contributed by atoms with Crippen molar-refractivity contribution in [3.05, 3.63) is 42.5 Å². The Kier molecular flexibility index (Phi) is 3.34. The maximum Gasteiger partial charge on any atom is 0.313 e. The monoisotopic (exact) mass is 286 g/mol. The molecule has 3 aromatic rings. The highest BCUT2D eigenvalue weighted by Gasteiger charge is 2.11.